The number of hydrogen-bond donors (Lipinski definition) is 2. The summed E-state index contributed by atoms with van der Waals surface area (Å²) < 4.78 is 1.37. The van der Waals surface area contributed by atoms with Gasteiger partial charge in [0.15, 0.2) is 0 Å². The van der Waals surface area contributed by atoms with E-state index >= 15 is 0 Å². The molecule has 3 N–H and O–H groups in total. The lowest BCUT2D eigenvalue weighted by Gasteiger charge is -2.03. The molecule has 0 aliphatic rings. The predicted molar refractivity (Wildman–Crippen MR) is 109 cm³/mol. The Morgan fingerprint density at radius 1 is 1.12 bits per heavy atom. The summed E-state index contributed by atoms with van der Waals surface area (Å²) in [5.41, 5.74) is 5.00. The molecule has 0 saturated heterocycles. The topological polar surface area (TPSA) is 81.1 Å². The zero-order chi connectivity index (χ0) is 18.2. The molecular formula is C18H17ClN6S. The quantitative estimate of drug-likeness (QED) is 0.278. The molecule has 26 heavy (non-hydrogen) atoms. The monoisotopic (exact) mass is 384 g/mol. The summed E-state index contributed by atoms with van der Waals surface area (Å²) in [4.78, 5) is 0. The van der Waals surface area contributed by atoms with Crippen LogP contribution >= 0.6 is 23.4 Å². The van der Waals surface area contributed by atoms with Gasteiger partial charge in [-0.05, 0) is 29.3 Å². The molecule has 1 aromatic heterocycles. The summed E-state index contributed by atoms with van der Waals surface area (Å²) in [6.07, 6.45) is 5.41. The number of aromatic nitrogens is 3. The molecule has 0 amide bonds. The van der Waals surface area contributed by atoms with Gasteiger partial charge >= 0.3 is 0 Å². The lowest BCUT2D eigenvalue weighted by atomic mass is 10.2. The van der Waals surface area contributed by atoms with Crippen LogP contribution in [0.15, 0.2) is 70.9 Å². The number of anilines is 1. The molecule has 0 atom stereocenters. The highest BCUT2D eigenvalue weighted by Crippen LogP contribution is 2.22. The molecule has 8 heteroatoms. The van der Waals surface area contributed by atoms with Crippen LogP contribution in [0.1, 0.15) is 11.1 Å². The van der Waals surface area contributed by atoms with Crippen LogP contribution in [0.2, 0.25) is 5.02 Å². The molecule has 132 valence electrons. The van der Waals surface area contributed by atoms with Gasteiger partial charge in [0, 0.05) is 17.0 Å². The molecule has 0 aliphatic heterocycles. The zero-order valence-electron chi connectivity index (χ0n) is 13.8. The second kappa shape index (κ2) is 9.07. The number of hydrazone groups is 1. The number of benzene rings is 2. The number of rotatable bonds is 7. The SMILES string of the molecule is Nn1c(N/N=C/C=C/c2ccccc2)nnc1SCc1ccc(Cl)cc1. The van der Waals surface area contributed by atoms with E-state index in [-0.39, 0.29) is 0 Å². The number of nitrogens with two attached hydrogens (primary N) is 1. The second-order valence-corrected chi connectivity index (χ2v) is 6.63. The van der Waals surface area contributed by atoms with E-state index in [0.717, 1.165) is 16.9 Å². The van der Waals surface area contributed by atoms with E-state index < -0.39 is 0 Å². The van der Waals surface area contributed by atoms with Crippen molar-refractivity contribution in [2.24, 2.45) is 5.10 Å². The maximum Gasteiger partial charge on any atom is 0.264 e. The lowest BCUT2D eigenvalue weighted by Crippen LogP contribution is -2.13. The Balaban J connectivity index is 1.52. The number of allylic oxidation sites excluding steroid dienone is 1. The van der Waals surface area contributed by atoms with Gasteiger partial charge in [0.05, 0.1) is 0 Å². The summed E-state index contributed by atoms with van der Waals surface area (Å²) in [6.45, 7) is 0. The van der Waals surface area contributed by atoms with Gasteiger partial charge in [-0.1, -0.05) is 71.9 Å². The molecular weight excluding hydrogens is 368 g/mol. The fraction of sp³-hybridized carbons (Fsp3) is 0.0556. The fourth-order valence-corrected chi connectivity index (χ4v) is 2.97. The van der Waals surface area contributed by atoms with Crippen molar-refractivity contribution in [1.82, 2.24) is 14.9 Å². The highest BCUT2D eigenvalue weighted by atomic mass is 35.5. The van der Waals surface area contributed by atoms with Gasteiger partial charge in [0.25, 0.3) is 5.95 Å². The van der Waals surface area contributed by atoms with Gasteiger partial charge in [-0.15, -0.1) is 10.2 Å². The number of nitrogens with one attached hydrogen (secondary N) is 1. The third-order valence-corrected chi connectivity index (χ3v) is 4.63. The van der Waals surface area contributed by atoms with Crippen molar-refractivity contribution in [2.45, 2.75) is 10.9 Å². The fourth-order valence-electron chi connectivity index (χ4n) is 2.04. The number of nitrogen functional groups attached to an aromatic ring is 1. The third kappa shape index (κ3) is 5.11. The molecule has 0 aliphatic carbocycles. The van der Waals surface area contributed by atoms with Crippen LogP contribution < -0.4 is 11.3 Å². The molecule has 0 spiro atoms. The molecule has 3 aromatic rings. The minimum atomic E-state index is 0.368. The predicted octanol–water partition coefficient (Wildman–Crippen LogP) is 4.05. The summed E-state index contributed by atoms with van der Waals surface area (Å²) >= 11 is 7.37. The average molecular weight is 385 g/mol. The summed E-state index contributed by atoms with van der Waals surface area (Å²) in [5, 5.41) is 13.4. The van der Waals surface area contributed by atoms with Crippen molar-refractivity contribution in [1.29, 1.82) is 0 Å². The van der Waals surface area contributed by atoms with E-state index in [0.29, 0.717) is 16.1 Å². The molecule has 1 heterocycles. The number of thioether (sulfide) groups is 1. The van der Waals surface area contributed by atoms with Crippen molar-refractivity contribution < 1.29 is 0 Å². The number of halogens is 1. The first kappa shape index (κ1) is 18.0. The van der Waals surface area contributed by atoms with Crippen LogP contribution in [-0.2, 0) is 5.75 Å². The van der Waals surface area contributed by atoms with Crippen LogP contribution in [-0.4, -0.2) is 21.1 Å². The first-order chi connectivity index (χ1) is 12.7. The Hall–Kier alpha value is -2.77. The number of hydrogen-bond acceptors (Lipinski definition) is 6. The van der Waals surface area contributed by atoms with Crippen LogP contribution in [0.25, 0.3) is 6.08 Å². The van der Waals surface area contributed by atoms with Crippen molar-refractivity contribution in [3.63, 3.8) is 0 Å². The standard InChI is InChI=1S/C18H17ClN6S/c19-16-10-8-15(9-11-16)13-26-18-24-23-17(25(18)20)22-21-12-4-7-14-5-2-1-3-6-14/h1-12H,13,20H2,(H,22,23)/b7-4+,21-12+. The molecule has 0 radical (unpaired) electrons. The Bertz CT molecular complexity index is 890. The molecule has 3 rings (SSSR count). The summed E-state index contributed by atoms with van der Waals surface area (Å²) in [7, 11) is 0. The molecule has 0 bridgehead atoms. The van der Waals surface area contributed by atoms with Crippen LogP contribution in [0, 0.1) is 0 Å². The first-order valence-electron chi connectivity index (χ1n) is 7.81. The van der Waals surface area contributed by atoms with E-state index in [1.54, 1.807) is 6.21 Å². The molecule has 0 fully saturated rings. The summed E-state index contributed by atoms with van der Waals surface area (Å²) in [6, 6.07) is 17.6. The second-order valence-electron chi connectivity index (χ2n) is 5.25. The van der Waals surface area contributed by atoms with Crippen LogP contribution in [0.3, 0.4) is 0 Å². The van der Waals surface area contributed by atoms with Gasteiger partial charge in [-0.25, -0.2) is 10.1 Å². The lowest BCUT2D eigenvalue weighted by molar-refractivity contribution is 0.847. The maximum absolute atomic E-state index is 5.99. The maximum atomic E-state index is 5.99. The van der Waals surface area contributed by atoms with Crippen molar-refractivity contribution in [2.75, 3.05) is 11.3 Å². The van der Waals surface area contributed by atoms with Crippen LogP contribution in [0.5, 0.6) is 0 Å². The third-order valence-electron chi connectivity index (χ3n) is 3.36. The van der Waals surface area contributed by atoms with E-state index in [2.05, 4.69) is 20.7 Å². The van der Waals surface area contributed by atoms with Gasteiger partial charge < -0.3 is 5.84 Å². The molecule has 0 unspecified atom stereocenters. The van der Waals surface area contributed by atoms with E-state index in [4.69, 9.17) is 17.4 Å². The highest BCUT2D eigenvalue weighted by Gasteiger charge is 2.09. The molecule has 6 nitrogen and oxygen atoms in total. The Labute approximate surface area is 160 Å². The smallest absolute Gasteiger partial charge is 0.264 e. The average Bonchev–Trinajstić information content (AvgIpc) is 3.02. The van der Waals surface area contributed by atoms with Gasteiger partial charge in [0.2, 0.25) is 5.16 Å². The Morgan fingerprint density at radius 3 is 2.65 bits per heavy atom. The highest BCUT2D eigenvalue weighted by molar-refractivity contribution is 7.98. The van der Waals surface area contributed by atoms with Crippen molar-refractivity contribution in [3.05, 3.63) is 76.8 Å². The Morgan fingerprint density at radius 2 is 1.88 bits per heavy atom. The first-order valence-corrected chi connectivity index (χ1v) is 9.17. The van der Waals surface area contributed by atoms with E-state index in [1.165, 1.54) is 16.4 Å². The van der Waals surface area contributed by atoms with Crippen molar-refractivity contribution in [3.8, 4) is 0 Å². The zero-order valence-corrected chi connectivity index (χ0v) is 15.4. The minimum Gasteiger partial charge on any atom is -0.334 e. The van der Waals surface area contributed by atoms with Gasteiger partial charge in [0.1, 0.15) is 0 Å². The Kier molecular flexibility index (Phi) is 6.29. The van der Waals surface area contributed by atoms with Crippen LogP contribution in [0.4, 0.5) is 5.95 Å². The summed E-state index contributed by atoms with van der Waals surface area (Å²) in [5.74, 6) is 7.08. The minimum absolute atomic E-state index is 0.368. The van der Waals surface area contributed by atoms with Gasteiger partial charge in [-0.2, -0.15) is 5.10 Å². The molecule has 0 saturated carbocycles. The number of nitrogens with zero attached hydrogens (tertiary/aromatic N) is 4. The molecule has 2 aromatic carbocycles. The largest absolute Gasteiger partial charge is 0.334 e. The van der Waals surface area contributed by atoms with Crippen molar-refractivity contribution >= 4 is 41.6 Å². The van der Waals surface area contributed by atoms with E-state index in [9.17, 15) is 0 Å². The normalized spacial score (nSPS) is 11.4. The van der Waals surface area contributed by atoms with E-state index in [1.807, 2.05) is 66.7 Å². The van der Waals surface area contributed by atoms with Gasteiger partial charge in [-0.3, -0.25) is 0 Å².